The van der Waals surface area contributed by atoms with E-state index in [0.29, 0.717) is 18.7 Å². The van der Waals surface area contributed by atoms with Gasteiger partial charge in [0.2, 0.25) is 0 Å². The number of H-pyrrole nitrogens is 1. The third-order valence-corrected chi connectivity index (χ3v) is 7.72. The second kappa shape index (κ2) is 7.63. The van der Waals surface area contributed by atoms with Crippen LogP contribution in [0.15, 0.2) is 53.4 Å². The molecular weight excluding hydrogens is 386 g/mol. The second-order valence-electron chi connectivity index (χ2n) is 7.85. The molecule has 6 nitrogen and oxygen atoms in total. The number of nitrogens with zero attached hydrogens (tertiary/aromatic N) is 2. The van der Waals surface area contributed by atoms with Crippen LogP contribution >= 0.6 is 0 Å². The highest BCUT2D eigenvalue weighted by atomic mass is 32.2. The number of nitrogens with one attached hydrogen (secondary N) is 1. The summed E-state index contributed by atoms with van der Waals surface area (Å²) in [4.78, 5) is 23.2. The Labute approximate surface area is 170 Å². The molecule has 0 saturated carbocycles. The molecule has 0 bridgehead atoms. The number of piperidine rings is 1. The van der Waals surface area contributed by atoms with Gasteiger partial charge in [0.05, 0.1) is 21.2 Å². The molecule has 2 aromatic carbocycles. The van der Waals surface area contributed by atoms with Crippen LogP contribution in [0.1, 0.15) is 48.8 Å². The number of likely N-dealkylation sites (tertiary alicyclic amines) is 1. The summed E-state index contributed by atoms with van der Waals surface area (Å²) in [5.74, 6) is 1.02. The van der Waals surface area contributed by atoms with E-state index in [1.54, 1.807) is 26.0 Å². The van der Waals surface area contributed by atoms with Crippen molar-refractivity contribution in [3.8, 4) is 0 Å². The highest BCUT2D eigenvalue weighted by Gasteiger charge is 2.28. The van der Waals surface area contributed by atoms with Gasteiger partial charge in [-0.25, -0.2) is 13.4 Å². The average molecular weight is 412 g/mol. The average Bonchev–Trinajstić information content (AvgIpc) is 3.18. The second-order valence-corrected chi connectivity index (χ2v) is 10.4. The summed E-state index contributed by atoms with van der Waals surface area (Å²) in [5, 5.41) is -0.490. The molecule has 2 heterocycles. The van der Waals surface area contributed by atoms with Crippen LogP contribution in [0.25, 0.3) is 11.0 Å². The quantitative estimate of drug-likeness (QED) is 0.708. The van der Waals surface area contributed by atoms with Gasteiger partial charge in [-0.15, -0.1) is 0 Å². The first-order valence-corrected chi connectivity index (χ1v) is 11.5. The number of amides is 1. The lowest BCUT2D eigenvalue weighted by molar-refractivity contribution is 0.0705. The topological polar surface area (TPSA) is 83.1 Å². The molecule has 1 unspecified atom stereocenters. The van der Waals surface area contributed by atoms with E-state index in [0.717, 1.165) is 29.7 Å². The molecule has 7 heteroatoms. The molecule has 1 amide bonds. The van der Waals surface area contributed by atoms with Crippen LogP contribution in [0, 0.1) is 0 Å². The van der Waals surface area contributed by atoms with E-state index in [1.807, 2.05) is 29.2 Å². The summed E-state index contributed by atoms with van der Waals surface area (Å²) < 4.78 is 24.6. The number of hydrogen-bond acceptors (Lipinski definition) is 4. The number of rotatable bonds is 4. The highest BCUT2D eigenvalue weighted by molar-refractivity contribution is 7.92. The lowest BCUT2D eigenvalue weighted by Crippen LogP contribution is -2.39. The summed E-state index contributed by atoms with van der Waals surface area (Å²) in [5.41, 5.74) is 2.46. The van der Waals surface area contributed by atoms with Crippen molar-refractivity contribution in [3.63, 3.8) is 0 Å². The number of sulfone groups is 1. The number of aromatic nitrogens is 2. The van der Waals surface area contributed by atoms with Gasteiger partial charge in [0.1, 0.15) is 5.82 Å². The zero-order valence-electron chi connectivity index (χ0n) is 16.6. The molecule has 0 spiro atoms. The first-order chi connectivity index (χ1) is 13.9. The Kier molecular flexibility index (Phi) is 5.17. The number of para-hydroxylation sites is 2. The Morgan fingerprint density at radius 1 is 1.14 bits per heavy atom. The van der Waals surface area contributed by atoms with Crippen molar-refractivity contribution < 1.29 is 13.2 Å². The molecule has 1 aliphatic rings. The van der Waals surface area contributed by atoms with E-state index in [9.17, 15) is 13.2 Å². The summed E-state index contributed by atoms with van der Waals surface area (Å²) >= 11 is 0. The predicted molar refractivity (Wildman–Crippen MR) is 113 cm³/mol. The molecule has 1 fully saturated rings. The minimum atomic E-state index is -3.34. The zero-order chi connectivity index (χ0) is 20.6. The number of carbonyl (C=O) groups is 1. The van der Waals surface area contributed by atoms with Gasteiger partial charge in [0, 0.05) is 24.6 Å². The number of aromatic amines is 1. The fourth-order valence-corrected chi connectivity index (χ4v) is 4.85. The van der Waals surface area contributed by atoms with Gasteiger partial charge in [-0.3, -0.25) is 4.79 Å². The van der Waals surface area contributed by atoms with Gasteiger partial charge in [0.25, 0.3) is 5.91 Å². The monoisotopic (exact) mass is 411 g/mol. The maximum Gasteiger partial charge on any atom is 0.253 e. The van der Waals surface area contributed by atoms with Crippen LogP contribution in [-0.2, 0) is 9.84 Å². The van der Waals surface area contributed by atoms with E-state index >= 15 is 0 Å². The lowest BCUT2D eigenvalue weighted by Gasteiger charge is -2.32. The minimum absolute atomic E-state index is 0.0701. The Hall–Kier alpha value is -2.67. The van der Waals surface area contributed by atoms with Crippen LogP contribution in [0.4, 0.5) is 0 Å². The van der Waals surface area contributed by atoms with E-state index in [4.69, 9.17) is 4.98 Å². The van der Waals surface area contributed by atoms with Crippen molar-refractivity contribution in [1.29, 1.82) is 0 Å². The van der Waals surface area contributed by atoms with Gasteiger partial charge >= 0.3 is 0 Å². The van der Waals surface area contributed by atoms with Gasteiger partial charge in [-0.05, 0) is 63.1 Å². The fraction of sp³-hybridized carbons (Fsp3) is 0.364. The van der Waals surface area contributed by atoms with Crippen LogP contribution in [0.3, 0.4) is 0 Å². The largest absolute Gasteiger partial charge is 0.342 e. The zero-order valence-corrected chi connectivity index (χ0v) is 17.4. The first kappa shape index (κ1) is 19.6. The first-order valence-electron chi connectivity index (χ1n) is 9.94. The molecule has 1 N–H and O–H groups in total. The molecule has 152 valence electrons. The molecule has 1 saturated heterocycles. The number of benzene rings is 2. The summed E-state index contributed by atoms with van der Waals surface area (Å²) in [6, 6.07) is 14.2. The normalized spacial score (nSPS) is 17.8. The summed E-state index contributed by atoms with van der Waals surface area (Å²) in [6.45, 7) is 4.60. The standard InChI is InChI=1S/C22H25N3O3S/c1-15(2)29(27,28)18-11-9-16(10-12-18)22(26)25-13-5-6-17(14-25)21-23-19-7-3-4-8-20(19)24-21/h3-4,7-12,15,17H,5-6,13-14H2,1-2H3,(H,23,24). The lowest BCUT2D eigenvalue weighted by atomic mass is 9.96. The number of fused-ring (bicyclic) bond motifs is 1. The Morgan fingerprint density at radius 2 is 1.86 bits per heavy atom. The van der Waals surface area contributed by atoms with Crippen molar-refractivity contribution in [3.05, 3.63) is 59.9 Å². The van der Waals surface area contributed by atoms with Crippen LogP contribution in [0.2, 0.25) is 0 Å². The van der Waals surface area contributed by atoms with Crippen LogP contribution in [-0.4, -0.2) is 47.5 Å². The maximum atomic E-state index is 13.0. The molecule has 0 radical (unpaired) electrons. The van der Waals surface area contributed by atoms with E-state index in [2.05, 4.69) is 4.98 Å². The molecular formula is C22H25N3O3S. The highest BCUT2D eigenvalue weighted by Crippen LogP contribution is 2.28. The SMILES string of the molecule is CC(C)S(=O)(=O)c1ccc(C(=O)N2CCCC(c3nc4ccccc4[nH]3)C2)cc1. The van der Waals surface area contributed by atoms with E-state index < -0.39 is 15.1 Å². The summed E-state index contributed by atoms with van der Waals surface area (Å²) in [6.07, 6.45) is 1.89. The fourth-order valence-electron chi connectivity index (χ4n) is 3.79. The number of hydrogen-bond donors (Lipinski definition) is 1. The molecule has 0 aliphatic carbocycles. The third-order valence-electron chi connectivity index (χ3n) is 5.55. The molecule has 1 aliphatic heterocycles. The van der Waals surface area contributed by atoms with Crippen molar-refractivity contribution >= 4 is 26.8 Å². The number of imidazole rings is 1. The Bertz CT molecular complexity index is 1100. The van der Waals surface area contributed by atoms with Gasteiger partial charge in [0.15, 0.2) is 9.84 Å². The Morgan fingerprint density at radius 3 is 2.55 bits per heavy atom. The van der Waals surface area contributed by atoms with Gasteiger partial charge in [-0.2, -0.15) is 0 Å². The summed E-state index contributed by atoms with van der Waals surface area (Å²) in [7, 11) is -3.34. The van der Waals surface area contributed by atoms with Crippen molar-refractivity contribution in [1.82, 2.24) is 14.9 Å². The van der Waals surface area contributed by atoms with Crippen LogP contribution < -0.4 is 0 Å². The molecule has 4 rings (SSSR count). The third kappa shape index (κ3) is 3.79. The molecule has 1 aromatic heterocycles. The van der Waals surface area contributed by atoms with Crippen molar-refractivity contribution in [2.75, 3.05) is 13.1 Å². The van der Waals surface area contributed by atoms with E-state index in [-0.39, 0.29) is 16.7 Å². The molecule has 3 aromatic rings. The minimum Gasteiger partial charge on any atom is -0.342 e. The van der Waals surface area contributed by atoms with Crippen LogP contribution in [0.5, 0.6) is 0 Å². The maximum absolute atomic E-state index is 13.0. The van der Waals surface area contributed by atoms with Gasteiger partial charge in [-0.1, -0.05) is 12.1 Å². The van der Waals surface area contributed by atoms with Gasteiger partial charge < -0.3 is 9.88 Å². The predicted octanol–water partition coefficient (Wildman–Crippen LogP) is 3.76. The molecule has 1 atom stereocenters. The van der Waals surface area contributed by atoms with Crippen molar-refractivity contribution in [2.24, 2.45) is 0 Å². The smallest absolute Gasteiger partial charge is 0.253 e. The van der Waals surface area contributed by atoms with Crippen molar-refractivity contribution in [2.45, 2.75) is 42.8 Å². The van der Waals surface area contributed by atoms with E-state index in [1.165, 1.54) is 12.1 Å². The Balaban J connectivity index is 1.51. The molecule has 29 heavy (non-hydrogen) atoms. The number of carbonyl (C=O) groups excluding carboxylic acids is 1.